The topological polar surface area (TPSA) is 42.8 Å². The molecule has 134 valence electrons. The van der Waals surface area contributed by atoms with Crippen molar-refractivity contribution in [1.29, 1.82) is 0 Å². The zero-order chi connectivity index (χ0) is 18.5. The Labute approximate surface area is 154 Å². The zero-order valence-electron chi connectivity index (χ0n) is 15.5. The smallest absolute Gasteiger partial charge is 0.282 e. The quantitative estimate of drug-likeness (QED) is 0.719. The number of methoxy groups -OCH3 is 1. The van der Waals surface area contributed by atoms with Gasteiger partial charge in [-0.25, -0.2) is 0 Å². The lowest BCUT2D eigenvalue weighted by molar-refractivity contribution is -0.907. The molecule has 2 atom stereocenters. The number of carbonyl (C=O) groups excluding carboxylic acids is 1. The molecule has 0 heterocycles. The minimum absolute atomic E-state index is 0.0155. The fourth-order valence-electron chi connectivity index (χ4n) is 3.06. The number of rotatable bonds is 6. The molecule has 3 aromatic carbocycles. The molecule has 0 aromatic heterocycles. The third-order valence-corrected chi connectivity index (χ3v) is 4.80. The van der Waals surface area contributed by atoms with Crippen LogP contribution in [0.5, 0.6) is 5.75 Å². The highest BCUT2D eigenvalue weighted by atomic mass is 16.5. The number of carbonyl (C=O) groups is 1. The third kappa shape index (κ3) is 4.03. The van der Waals surface area contributed by atoms with Crippen LogP contribution in [0.3, 0.4) is 0 Å². The number of hydrogen-bond acceptors (Lipinski definition) is 2. The molecule has 0 spiro atoms. The highest BCUT2D eigenvalue weighted by molar-refractivity contribution is 6.03. The van der Waals surface area contributed by atoms with Gasteiger partial charge in [-0.3, -0.25) is 4.79 Å². The van der Waals surface area contributed by atoms with Crippen molar-refractivity contribution in [1.82, 2.24) is 0 Å². The summed E-state index contributed by atoms with van der Waals surface area (Å²) in [5.74, 6) is 0.852. The number of ether oxygens (including phenoxy) is 1. The highest BCUT2D eigenvalue weighted by Crippen LogP contribution is 2.22. The van der Waals surface area contributed by atoms with E-state index in [1.807, 2.05) is 62.5 Å². The summed E-state index contributed by atoms with van der Waals surface area (Å²) in [5.41, 5.74) is 2.00. The molecule has 2 N–H and O–H groups in total. The Bertz CT molecular complexity index is 902. The van der Waals surface area contributed by atoms with E-state index in [4.69, 9.17) is 4.74 Å². The molecule has 1 amide bonds. The van der Waals surface area contributed by atoms with Gasteiger partial charge in [0.15, 0.2) is 6.04 Å². The second-order valence-corrected chi connectivity index (χ2v) is 6.61. The van der Waals surface area contributed by atoms with Gasteiger partial charge in [0.25, 0.3) is 5.91 Å². The number of anilines is 1. The molecular formula is C22H25N2O2+. The van der Waals surface area contributed by atoms with Crippen molar-refractivity contribution in [3.8, 4) is 5.75 Å². The van der Waals surface area contributed by atoms with E-state index in [0.717, 1.165) is 39.2 Å². The van der Waals surface area contributed by atoms with Crippen LogP contribution in [0.15, 0.2) is 66.7 Å². The largest absolute Gasteiger partial charge is 0.497 e. The number of quaternary nitrogens is 1. The first-order chi connectivity index (χ1) is 12.6. The van der Waals surface area contributed by atoms with Crippen LogP contribution in [0.25, 0.3) is 10.8 Å². The Hall–Kier alpha value is -2.85. The van der Waals surface area contributed by atoms with E-state index in [1.54, 1.807) is 7.11 Å². The second-order valence-electron chi connectivity index (χ2n) is 6.61. The lowest BCUT2D eigenvalue weighted by atomic mass is 10.1. The molecule has 3 rings (SSSR count). The molecule has 0 aliphatic heterocycles. The van der Waals surface area contributed by atoms with E-state index in [9.17, 15) is 4.79 Å². The predicted octanol–water partition coefficient (Wildman–Crippen LogP) is 2.89. The first-order valence-electron chi connectivity index (χ1n) is 8.82. The van der Waals surface area contributed by atoms with Crippen molar-refractivity contribution in [2.45, 2.75) is 19.5 Å². The van der Waals surface area contributed by atoms with Gasteiger partial charge in [-0.2, -0.15) is 0 Å². The predicted molar refractivity (Wildman–Crippen MR) is 106 cm³/mol. The van der Waals surface area contributed by atoms with Gasteiger partial charge in [-0.15, -0.1) is 0 Å². The highest BCUT2D eigenvalue weighted by Gasteiger charge is 2.22. The molecule has 26 heavy (non-hydrogen) atoms. The van der Waals surface area contributed by atoms with Gasteiger partial charge in [-0.1, -0.05) is 48.5 Å². The zero-order valence-corrected chi connectivity index (χ0v) is 15.5. The van der Waals surface area contributed by atoms with Crippen LogP contribution in [-0.4, -0.2) is 26.1 Å². The lowest BCUT2D eigenvalue weighted by Crippen LogP contribution is -3.12. The summed E-state index contributed by atoms with van der Waals surface area (Å²) in [6.07, 6.45) is 0. The van der Waals surface area contributed by atoms with Gasteiger partial charge in [0.05, 0.1) is 14.2 Å². The summed E-state index contributed by atoms with van der Waals surface area (Å²) >= 11 is 0. The van der Waals surface area contributed by atoms with Crippen LogP contribution < -0.4 is 15.0 Å². The summed E-state index contributed by atoms with van der Waals surface area (Å²) in [6, 6.07) is 21.8. The van der Waals surface area contributed by atoms with Crippen LogP contribution in [-0.2, 0) is 11.3 Å². The van der Waals surface area contributed by atoms with Crippen LogP contribution in [0.1, 0.15) is 12.5 Å². The lowest BCUT2D eigenvalue weighted by Gasteiger charge is -2.21. The Balaban J connectivity index is 1.70. The summed E-state index contributed by atoms with van der Waals surface area (Å²) in [5, 5.41) is 5.27. The molecule has 0 aliphatic carbocycles. The molecule has 1 unspecified atom stereocenters. The maximum Gasteiger partial charge on any atom is 0.282 e. The van der Waals surface area contributed by atoms with Gasteiger partial charge in [0, 0.05) is 16.6 Å². The minimum atomic E-state index is -0.180. The molecule has 0 bridgehead atoms. The Morgan fingerprint density at radius 3 is 2.62 bits per heavy atom. The molecular weight excluding hydrogens is 324 g/mol. The minimum Gasteiger partial charge on any atom is -0.497 e. The van der Waals surface area contributed by atoms with E-state index in [2.05, 4.69) is 23.5 Å². The summed E-state index contributed by atoms with van der Waals surface area (Å²) in [4.78, 5) is 13.9. The maximum absolute atomic E-state index is 12.8. The molecule has 3 aromatic rings. The number of amides is 1. The number of fused-ring (bicyclic) bond motifs is 1. The van der Waals surface area contributed by atoms with Gasteiger partial charge < -0.3 is 15.0 Å². The SMILES string of the molecule is COc1cccc(C[NH+](C)[C@@H](C)C(=O)Nc2cccc3ccccc23)c1. The third-order valence-electron chi connectivity index (χ3n) is 4.80. The first-order valence-corrected chi connectivity index (χ1v) is 8.82. The van der Waals surface area contributed by atoms with Crippen molar-refractivity contribution in [2.24, 2.45) is 0 Å². The Kier molecular flexibility index (Phi) is 5.54. The number of nitrogens with one attached hydrogen (secondary N) is 2. The Morgan fingerprint density at radius 1 is 1.08 bits per heavy atom. The van der Waals surface area contributed by atoms with Crippen LogP contribution in [0.2, 0.25) is 0 Å². The molecule has 0 saturated carbocycles. The van der Waals surface area contributed by atoms with Crippen LogP contribution in [0, 0.1) is 0 Å². The normalized spacial score (nSPS) is 13.2. The summed E-state index contributed by atoms with van der Waals surface area (Å²) < 4.78 is 5.28. The van der Waals surface area contributed by atoms with Crippen LogP contribution >= 0.6 is 0 Å². The van der Waals surface area contributed by atoms with E-state index >= 15 is 0 Å². The first kappa shape index (κ1) is 18.0. The summed E-state index contributed by atoms with van der Waals surface area (Å²) in [6.45, 7) is 2.71. The van der Waals surface area contributed by atoms with Crippen LogP contribution in [0.4, 0.5) is 5.69 Å². The standard InChI is InChI=1S/C22H24N2O2/c1-16(24(2)15-17-8-6-11-19(14-17)26-3)22(25)23-21-13-7-10-18-9-4-5-12-20(18)21/h4-14,16H,15H2,1-3H3,(H,23,25)/p+1/t16-/m0/s1. The molecule has 4 heteroatoms. The van der Waals surface area contributed by atoms with E-state index in [1.165, 1.54) is 0 Å². The number of hydrogen-bond donors (Lipinski definition) is 2. The number of likely N-dealkylation sites (N-methyl/N-ethyl adjacent to an activating group) is 1. The van der Waals surface area contributed by atoms with E-state index < -0.39 is 0 Å². The van der Waals surface area contributed by atoms with Crippen molar-refractivity contribution in [3.05, 3.63) is 72.3 Å². The molecule has 4 nitrogen and oxygen atoms in total. The van der Waals surface area contributed by atoms with Crippen molar-refractivity contribution < 1.29 is 14.4 Å². The molecule has 0 radical (unpaired) electrons. The second kappa shape index (κ2) is 8.02. The van der Waals surface area contributed by atoms with Gasteiger partial charge in [0.1, 0.15) is 12.3 Å². The molecule has 0 aliphatic rings. The fourth-order valence-corrected chi connectivity index (χ4v) is 3.06. The Morgan fingerprint density at radius 2 is 1.81 bits per heavy atom. The molecule has 0 fully saturated rings. The number of benzene rings is 3. The van der Waals surface area contributed by atoms with Gasteiger partial charge in [0.2, 0.25) is 0 Å². The monoisotopic (exact) mass is 349 g/mol. The average Bonchev–Trinajstić information content (AvgIpc) is 2.67. The van der Waals surface area contributed by atoms with Crippen molar-refractivity contribution in [3.63, 3.8) is 0 Å². The fraction of sp³-hybridized carbons (Fsp3) is 0.227. The van der Waals surface area contributed by atoms with Crippen molar-refractivity contribution >= 4 is 22.4 Å². The van der Waals surface area contributed by atoms with Gasteiger partial charge in [-0.05, 0) is 30.5 Å². The van der Waals surface area contributed by atoms with Gasteiger partial charge >= 0.3 is 0 Å². The summed E-state index contributed by atoms with van der Waals surface area (Å²) in [7, 11) is 3.70. The molecule has 0 saturated heterocycles. The van der Waals surface area contributed by atoms with E-state index in [0.29, 0.717) is 0 Å². The average molecular weight is 349 g/mol. The van der Waals surface area contributed by atoms with E-state index in [-0.39, 0.29) is 11.9 Å². The van der Waals surface area contributed by atoms with Crippen molar-refractivity contribution in [2.75, 3.05) is 19.5 Å². The maximum atomic E-state index is 12.8.